The van der Waals surface area contributed by atoms with E-state index < -0.39 is 0 Å². The summed E-state index contributed by atoms with van der Waals surface area (Å²) in [4.78, 5) is 25.2. The number of benzene rings is 2. The number of carbonyl (C=O) groups excluding carboxylic acids is 2. The van der Waals surface area contributed by atoms with Crippen LogP contribution in [0.2, 0.25) is 0 Å². The quantitative estimate of drug-likeness (QED) is 0.655. The third kappa shape index (κ3) is 4.50. The summed E-state index contributed by atoms with van der Waals surface area (Å²) in [7, 11) is 3.02. The van der Waals surface area contributed by atoms with E-state index in [0.717, 1.165) is 0 Å². The minimum atomic E-state index is -0.386. The number of para-hydroxylation sites is 1. The molecule has 1 heterocycles. The molecule has 0 aliphatic rings. The second-order valence-electron chi connectivity index (χ2n) is 5.86. The van der Waals surface area contributed by atoms with E-state index in [-0.39, 0.29) is 18.4 Å². The second-order valence-corrected chi connectivity index (χ2v) is 5.86. The number of methoxy groups -OCH3 is 2. The van der Waals surface area contributed by atoms with Crippen LogP contribution in [0.1, 0.15) is 26.5 Å². The van der Waals surface area contributed by atoms with E-state index in [1.54, 1.807) is 54.6 Å². The maximum Gasteiger partial charge on any atom is 0.255 e. The SMILES string of the molecule is COc1cc(OC)cc(C(=O)Nc2ccccc2C(=O)NCc2ccco2)c1. The molecular weight excluding hydrogens is 360 g/mol. The van der Waals surface area contributed by atoms with Gasteiger partial charge in [0.15, 0.2) is 0 Å². The van der Waals surface area contributed by atoms with Gasteiger partial charge in [-0.15, -0.1) is 0 Å². The van der Waals surface area contributed by atoms with Gasteiger partial charge >= 0.3 is 0 Å². The van der Waals surface area contributed by atoms with Gasteiger partial charge in [0, 0.05) is 11.6 Å². The predicted octanol–water partition coefficient (Wildman–Crippen LogP) is 3.48. The molecule has 2 amide bonds. The first kappa shape index (κ1) is 19.0. The van der Waals surface area contributed by atoms with Crippen molar-refractivity contribution in [3.63, 3.8) is 0 Å². The predicted molar refractivity (Wildman–Crippen MR) is 104 cm³/mol. The summed E-state index contributed by atoms with van der Waals surface area (Å²) in [5.41, 5.74) is 1.09. The van der Waals surface area contributed by atoms with Crippen LogP contribution >= 0.6 is 0 Å². The molecule has 3 rings (SSSR count). The molecular formula is C21H20N2O5. The Balaban J connectivity index is 1.77. The highest BCUT2D eigenvalue weighted by atomic mass is 16.5. The van der Waals surface area contributed by atoms with Gasteiger partial charge in [-0.05, 0) is 36.4 Å². The van der Waals surface area contributed by atoms with Gasteiger partial charge in [0.2, 0.25) is 0 Å². The lowest BCUT2D eigenvalue weighted by molar-refractivity contribution is 0.0949. The Bertz CT molecular complexity index is 944. The first-order chi connectivity index (χ1) is 13.6. The van der Waals surface area contributed by atoms with Gasteiger partial charge < -0.3 is 24.5 Å². The molecule has 0 radical (unpaired) electrons. The first-order valence-electron chi connectivity index (χ1n) is 8.54. The van der Waals surface area contributed by atoms with E-state index in [0.29, 0.717) is 34.1 Å². The standard InChI is InChI=1S/C21H20N2O5/c1-26-16-10-14(11-17(12-16)27-2)20(24)23-19-8-4-3-7-18(19)21(25)22-13-15-6-5-9-28-15/h3-12H,13H2,1-2H3,(H,22,25)(H,23,24). The zero-order valence-electron chi connectivity index (χ0n) is 15.5. The Labute approximate surface area is 162 Å². The van der Waals surface area contributed by atoms with Crippen LogP contribution in [0.25, 0.3) is 0 Å². The van der Waals surface area contributed by atoms with Crippen LogP contribution in [0.15, 0.2) is 65.3 Å². The molecule has 7 heteroatoms. The summed E-state index contributed by atoms with van der Waals surface area (Å²) in [5.74, 6) is 0.917. The lowest BCUT2D eigenvalue weighted by atomic mass is 10.1. The molecule has 2 aromatic carbocycles. The van der Waals surface area contributed by atoms with E-state index >= 15 is 0 Å². The summed E-state index contributed by atoms with van der Waals surface area (Å²) in [6, 6.07) is 15.2. The smallest absolute Gasteiger partial charge is 0.255 e. The van der Waals surface area contributed by atoms with Crippen molar-refractivity contribution in [1.82, 2.24) is 5.32 Å². The topological polar surface area (TPSA) is 89.8 Å². The number of ether oxygens (including phenoxy) is 2. The maximum atomic E-state index is 12.7. The van der Waals surface area contributed by atoms with Crippen molar-refractivity contribution in [2.45, 2.75) is 6.54 Å². The van der Waals surface area contributed by atoms with Gasteiger partial charge in [0.25, 0.3) is 11.8 Å². The van der Waals surface area contributed by atoms with Crippen LogP contribution < -0.4 is 20.1 Å². The van der Waals surface area contributed by atoms with Gasteiger partial charge in [-0.25, -0.2) is 0 Å². The number of anilines is 1. The Kier molecular flexibility index (Phi) is 5.96. The fourth-order valence-electron chi connectivity index (χ4n) is 2.60. The number of amides is 2. The summed E-state index contributed by atoms with van der Waals surface area (Å²) in [6.07, 6.45) is 1.54. The van der Waals surface area contributed by atoms with Crippen LogP contribution in [-0.4, -0.2) is 26.0 Å². The highest BCUT2D eigenvalue weighted by molar-refractivity contribution is 6.09. The highest BCUT2D eigenvalue weighted by Gasteiger charge is 2.15. The Hall–Kier alpha value is -3.74. The lowest BCUT2D eigenvalue weighted by Gasteiger charge is -2.12. The molecule has 1 aromatic heterocycles. The summed E-state index contributed by atoms with van der Waals surface area (Å²) in [5, 5.41) is 5.54. The maximum absolute atomic E-state index is 12.7. The highest BCUT2D eigenvalue weighted by Crippen LogP contribution is 2.24. The van der Waals surface area contributed by atoms with E-state index in [2.05, 4.69) is 10.6 Å². The molecule has 3 aromatic rings. The van der Waals surface area contributed by atoms with Crippen molar-refractivity contribution < 1.29 is 23.5 Å². The van der Waals surface area contributed by atoms with E-state index in [4.69, 9.17) is 13.9 Å². The molecule has 2 N–H and O–H groups in total. The molecule has 7 nitrogen and oxygen atoms in total. The monoisotopic (exact) mass is 380 g/mol. The van der Waals surface area contributed by atoms with Crippen molar-refractivity contribution >= 4 is 17.5 Å². The minimum absolute atomic E-state index is 0.251. The average molecular weight is 380 g/mol. The Morgan fingerprint density at radius 2 is 1.64 bits per heavy atom. The number of hydrogen-bond donors (Lipinski definition) is 2. The molecule has 0 saturated heterocycles. The fourth-order valence-corrected chi connectivity index (χ4v) is 2.60. The van der Waals surface area contributed by atoms with Gasteiger partial charge in [-0.2, -0.15) is 0 Å². The van der Waals surface area contributed by atoms with E-state index in [9.17, 15) is 9.59 Å². The number of carbonyl (C=O) groups is 2. The number of nitrogens with one attached hydrogen (secondary N) is 2. The summed E-state index contributed by atoms with van der Waals surface area (Å²) in [6.45, 7) is 0.251. The van der Waals surface area contributed by atoms with Crippen molar-refractivity contribution in [2.75, 3.05) is 19.5 Å². The average Bonchev–Trinajstić information content (AvgIpc) is 3.25. The number of hydrogen-bond acceptors (Lipinski definition) is 5. The van der Waals surface area contributed by atoms with Crippen molar-refractivity contribution in [1.29, 1.82) is 0 Å². The third-order valence-corrected chi connectivity index (χ3v) is 4.04. The normalized spacial score (nSPS) is 10.2. The molecule has 0 unspecified atom stereocenters. The molecule has 0 saturated carbocycles. The van der Waals surface area contributed by atoms with Crippen molar-refractivity contribution in [3.05, 3.63) is 77.7 Å². The fraction of sp³-hybridized carbons (Fsp3) is 0.143. The third-order valence-electron chi connectivity index (χ3n) is 4.04. The largest absolute Gasteiger partial charge is 0.497 e. The number of rotatable bonds is 7. The Morgan fingerprint density at radius 3 is 2.29 bits per heavy atom. The Morgan fingerprint density at radius 1 is 0.929 bits per heavy atom. The van der Waals surface area contributed by atoms with Crippen LogP contribution in [0.3, 0.4) is 0 Å². The molecule has 0 spiro atoms. The van der Waals surface area contributed by atoms with Gasteiger partial charge in [-0.1, -0.05) is 12.1 Å². The van der Waals surface area contributed by atoms with Crippen LogP contribution in [-0.2, 0) is 6.54 Å². The van der Waals surface area contributed by atoms with Crippen molar-refractivity contribution in [2.24, 2.45) is 0 Å². The molecule has 0 bridgehead atoms. The summed E-state index contributed by atoms with van der Waals surface area (Å²) < 4.78 is 15.6. The van der Waals surface area contributed by atoms with Crippen LogP contribution in [0.5, 0.6) is 11.5 Å². The number of furan rings is 1. The van der Waals surface area contributed by atoms with Crippen LogP contribution in [0, 0.1) is 0 Å². The van der Waals surface area contributed by atoms with Gasteiger partial charge in [0.05, 0.1) is 38.3 Å². The first-order valence-corrected chi connectivity index (χ1v) is 8.54. The molecule has 0 aliphatic carbocycles. The summed E-state index contributed by atoms with van der Waals surface area (Å²) >= 11 is 0. The molecule has 0 atom stereocenters. The molecule has 28 heavy (non-hydrogen) atoms. The van der Waals surface area contributed by atoms with Crippen molar-refractivity contribution in [3.8, 4) is 11.5 Å². The van der Waals surface area contributed by atoms with Gasteiger partial charge in [-0.3, -0.25) is 9.59 Å². The zero-order chi connectivity index (χ0) is 19.9. The zero-order valence-corrected chi connectivity index (χ0v) is 15.5. The second kappa shape index (κ2) is 8.77. The van der Waals surface area contributed by atoms with E-state index in [1.165, 1.54) is 20.5 Å². The van der Waals surface area contributed by atoms with Gasteiger partial charge in [0.1, 0.15) is 17.3 Å². The minimum Gasteiger partial charge on any atom is -0.497 e. The van der Waals surface area contributed by atoms with E-state index in [1.807, 2.05) is 0 Å². The molecule has 0 aliphatic heterocycles. The van der Waals surface area contributed by atoms with Crippen LogP contribution in [0.4, 0.5) is 5.69 Å². The lowest BCUT2D eigenvalue weighted by Crippen LogP contribution is -2.24. The molecule has 144 valence electrons. The molecule has 0 fully saturated rings.